The summed E-state index contributed by atoms with van der Waals surface area (Å²) < 4.78 is 31.8. The van der Waals surface area contributed by atoms with Crippen LogP contribution >= 0.6 is 11.6 Å². The van der Waals surface area contributed by atoms with Gasteiger partial charge in [-0.25, -0.2) is 8.78 Å². The molecule has 1 N–H and O–H groups in total. The van der Waals surface area contributed by atoms with Gasteiger partial charge in [0.25, 0.3) is 5.91 Å². The van der Waals surface area contributed by atoms with Gasteiger partial charge in [-0.1, -0.05) is 6.07 Å². The Kier molecular flexibility index (Phi) is 4.39. The zero-order valence-corrected chi connectivity index (χ0v) is 11.4. The summed E-state index contributed by atoms with van der Waals surface area (Å²) in [6.45, 7) is 1.65. The fourth-order valence-corrected chi connectivity index (χ4v) is 2.04. The molecule has 0 saturated carbocycles. The summed E-state index contributed by atoms with van der Waals surface area (Å²) in [4.78, 5) is 11.9. The predicted octanol–water partition coefficient (Wildman–Crippen LogP) is 3.57. The molecule has 0 fully saturated rings. The van der Waals surface area contributed by atoms with Crippen molar-refractivity contribution in [1.29, 1.82) is 0 Å². The lowest BCUT2D eigenvalue weighted by Crippen LogP contribution is -2.34. The van der Waals surface area contributed by atoms with Crippen LogP contribution in [0.2, 0.25) is 5.22 Å². The fourth-order valence-electron chi connectivity index (χ4n) is 1.84. The third-order valence-electron chi connectivity index (χ3n) is 2.81. The molecule has 0 aliphatic carbocycles. The van der Waals surface area contributed by atoms with E-state index in [1.807, 2.05) is 0 Å². The van der Waals surface area contributed by atoms with Gasteiger partial charge in [0.2, 0.25) is 5.22 Å². The number of hydrogen-bond donors (Lipinski definition) is 1. The summed E-state index contributed by atoms with van der Waals surface area (Å²) in [5, 5.41) is 2.59. The molecular weight excluding hydrogens is 288 g/mol. The van der Waals surface area contributed by atoms with Crippen LogP contribution in [0.25, 0.3) is 0 Å². The van der Waals surface area contributed by atoms with E-state index in [0.717, 1.165) is 0 Å². The molecule has 0 aliphatic heterocycles. The smallest absolute Gasteiger partial charge is 0.256 e. The minimum absolute atomic E-state index is 0.0215. The monoisotopic (exact) mass is 299 g/mol. The Morgan fingerprint density at radius 1 is 1.35 bits per heavy atom. The normalized spacial score (nSPS) is 12.2. The molecule has 1 aromatic carbocycles. The second-order valence-electron chi connectivity index (χ2n) is 4.39. The van der Waals surface area contributed by atoms with Crippen molar-refractivity contribution in [2.45, 2.75) is 19.4 Å². The third kappa shape index (κ3) is 3.17. The summed E-state index contributed by atoms with van der Waals surface area (Å²) in [6, 6.07) is 4.62. The topological polar surface area (TPSA) is 42.2 Å². The van der Waals surface area contributed by atoms with Gasteiger partial charge in [0.15, 0.2) is 0 Å². The van der Waals surface area contributed by atoms with Gasteiger partial charge < -0.3 is 9.73 Å². The van der Waals surface area contributed by atoms with E-state index in [1.165, 1.54) is 30.5 Å². The number of carbonyl (C=O) groups is 1. The van der Waals surface area contributed by atoms with Gasteiger partial charge in [0, 0.05) is 11.6 Å². The van der Waals surface area contributed by atoms with Gasteiger partial charge in [-0.15, -0.1) is 0 Å². The van der Waals surface area contributed by atoms with Crippen molar-refractivity contribution in [2.75, 3.05) is 0 Å². The van der Waals surface area contributed by atoms with Gasteiger partial charge in [0.1, 0.15) is 11.6 Å². The van der Waals surface area contributed by atoms with E-state index in [9.17, 15) is 13.6 Å². The minimum atomic E-state index is -0.632. The lowest BCUT2D eigenvalue weighted by molar-refractivity contribution is 0.0939. The van der Waals surface area contributed by atoms with Crippen LogP contribution in [0.1, 0.15) is 22.8 Å². The molecule has 3 nitrogen and oxygen atoms in total. The molecule has 0 aliphatic rings. The number of rotatable bonds is 4. The molecule has 0 radical (unpaired) electrons. The lowest BCUT2D eigenvalue weighted by Gasteiger charge is -2.14. The first-order valence-corrected chi connectivity index (χ1v) is 6.33. The Bertz CT molecular complexity index is 607. The fraction of sp³-hybridized carbons (Fsp3) is 0.214. The maximum Gasteiger partial charge on any atom is 0.256 e. The molecule has 6 heteroatoms. The molecule has 1 heterocycles. The van der Waals surface area contributed by atoms with E-state index in [4.69, 9.17) is 16.0 Å². The van der Waals surface area contributed by atoms with Crippen molar-refractivity contribution in [3.8, 4) is 0 Å². The first-order chi connectivity index (χ1) is 9.49. The van der Waals surface area contributed by atoms with Crippen LogP contribution in [0.15, 0.2) is 34.9 Å². The summed E-state index contributed by atoms with van der Waals surface area (Å²) >= 11 is 5.68. The van der Waals surface area contributed by atoms with Crippen LogP contribution in [-0.4, -0.2) is 11.9 Å². The maximum absolute atomic E-state index is 13.5. The van der Waals surface area contributed by atoms with Gasteiger partial charge in [0.05, 0.1) is 11.8 Å². The predicted molar refractivity (Wildman–Crippen MR) is 70.7 cm³/mol. The standard InChI is InChI=1S/C14H12ClF2NO2/c1-8(7-10-11(16)3-2-4-12(10)17)18-14(19)9-5-6-20-13(9)15/h2-6,8H,7H2,1H3,(H,18,19). The van der Waals surface area contributed by atoms with Crippen LogP contribution in [0.4, 0.5) is 8.78 Å². The van der Waals surface area contributed by atoms with Gasteiger partial charge in [-0.3, -0.25) is 4.79 Å². The Labute approximate surface area is 119 Å². The average Bonchev–Trinajstić information content (AvgIpc) is 2.80. The van der Waals surface area contributed by atoms with Gasteiger partial charge in [-0.2, -0.15) is 0 Å². The van der Waals surface area contributed by atoms with E-state index in [1.54, 1.807) is 6.92 Å². The molecular formula is C14H12ClF2NO2. The van der Waals surface area contributed by atoms with E-state index in [0.29, 0.717) is 0 Å². The van der Waals surface area contributed by atoms with Crippen molar-refractivity contribution in [3.63, 3.8) is 0 Å². The summed E-state index contributed by atoms with van der Waals surface area (Å²) in [6.07, 6.45) is 1.33. The van der Waals surface area contributed by atoms with Crippen LogP contribution in [-0.2, 0) is 6.42 Å². The number of benzene rings is 1. The number of carbonyl (C=O) groups excluding carboxylic acids is 1. The highest BCUT2D eigenvalue weighted by molar-refractivity contribution is 6.32. The quantitative estimate of drug-likeness (QED) is 0.938. The molecule has 20 heavy (non-hydrogen) atoms. The molecule has 0 spiro atoms. The molecule has 1 atom stereocenters. The molecule has 2 aromatic rings. The Hall–Kier alpha value is -1.88. The first-order valence-electron chi connectivity index (χ1n) is 5.95. The SMILES string of the molecule is CC(Cc1c(F)cccc1F)NC(=O)c1ccoc1Cl. The minimum Gasteiger partial charge on any atom is -0.452 e. The highest BCUT2D eigenvalue weighted by atomic mass is 35.5. The molecule has 1 aromatic heterocycles. The van der Waals surface area contributed by atoms with E-state index in [-0.39, 0.29) is 22.8 Å². The van der Waals surface area contributed by atoms with Crippen LogP contribution in [0, 0.1) is 11.6 Å². The van der Waals surface area contributed by atoms with Gasteiger partial charge >= 0.3 is 0 Å². The van der Waals surface area contributed by atoms with Crippen LogP contribution in [0.3, 0.4) is 0 Å². The number of furan rings is 1. The lowest BCUT2D eigenvalue weighted by atomic mass is 10.1. The first kappa shape index (κ1) is 14.5. The Morgan fingerprint density at radius 3 is 2.55 bits per heavy atom. The van der Waals surface area contributed by atoms with Gasteiger partial charge in [-0.05, 0) is 43.1 Å². The van der Waals surface area contributed by atoms with Crippen molar-refractivity contribution >= 4 is 17.5 Å². The average molecular weight is 300 g/mol. The Balaban J connectivity index is 2.05. The van der Waals surface area contributed by atoms with Crippen LogP contribution in [0.5, 0.6) is 0 Å². The van der Waals surface area contributed by atoms with Crippen molar-refractivity contribution in [3.05, 3.63) is 58.5 Å². The number of nitrogens with one attached hydrogen (secondary N) is 1. The second-order valence-corrected chi connectivity index (χ2v) is 4.73. The van der Waals surface area contributed by atoms with E-state index in [2.05, 4.69) is 5.32 Å². The third-order valence-corrected chi connectivity index (χ3v) is 3.10. The van der Waals surface area contributed by atoms with Crippen LogP contribution < -0.4 is 5.32 Å². The summed E-state index contributed by atoms with van der Waals surface area (Å²) in [5.74, 6) is -1.71. The highest BCUT2D eigenvalue weighted by Gasteiger charge is 2.17. The van der Waals surface area contributed by atoms with Crippen molar-refractivity contribution < 1.29 is 18.0 Å². The number of halogens is 3. The van der Waals surface area contributed by atoms with E-state index >= 15 is 0 Å². The zero-order valence-electron chi connectivity index (χ0n) is 10.6. The molecule has 1 unspecified atom stereocenters. The largest absolute Gasteiger partial charge is 0.452 e. The molecule has 2 rings (SSSR count). The van der Waals surface area contributed by atoms with Crippen molar-refractivity contribution in [2.24, 2.45) is 0 Å². The molecule has 106 valence electrons. The van der Waals surface area contributed by atoms with E-state index < -0.39 is 23.6 Å². The van der Waals surface area contributed by atoms with Crippen molar-refractivity contribution in [1.82, 2.24) is 5.32 Å². The number of hydrogen-bond acceptors (Lipinski definition) is 2. The maximum atomic E-state index is 13.5. The zero-order chi connectivity index (χ0) is 14.7. The second kappa shape index (κ2) is 6.05. The summed E-state index contributed by atoms with van der Waals surface area (Å²) in [5.41, 5.74) is 0.131. The summed E-state index contributed by atoms with van der Waals surface area (Å²) in [7, 11) is 0. The number of amides is 1. The molecule has 1 amide bonds. The molecule has 0 bridgehead atoms. The molecule has 0 saturated heterocycles. The Morgan fingerprint density at radius 2 is 2.00 bits per heavy atom. The highest BCUT2D eigenvalue weighted by Crippen LogP contribution is 2.17.